The van der Waals surface area contributed by atoms with Gasteiger partial charge in [0.15, 0.2) is 0 Å². The third-order valence-corrected chi connectivity index (χ3v) is 1.95. The van der Waals surface area contributed by atoms with E-state index < -0.39 is 4.84 Å². The fraction of sp³-hybridized carbons (Fsp3) is 0.727. The van der Waals surface area contributed by atoms with Gasteiger partial charge in [0, 0.05) is 23.4 Å². The zero-order chi connectivity index (χ0) is 12.9. The largest absolute Gasteiger partial charge is 0.384 e. The molecule has 2 N–H and O–H groups in total. The van der Waals surface area contributed by atoms with Gasteiger partial charge in [-0.05, 0) is 34.6 Å². The van der Waals surface area contributed by atoms with Crippen molar-refractivity contribution in [2.24, 2.45) is 0 Å². The van der Waals surface area contributed by atoms with Crippen LogP contribution in [0.2, 0.25) is 0 Å². The van der Waals surface area contributed by atoms with Gasteiger partial charge in [-0.2, -0.15) is 0 Å². The minimum Gasteiger partial charge on any atom is -0.384 e. The first-order valence-corrected chi connectivity index (χ1v) is 6.07. The molecule has 0 rings (SSSR count). The first-order valence-electron chi connectivity index (χ1n) is 5.20. The Balaban J connectivity index is 4.60. The maximum atomic E-state index is 11.6. The molecule has 94 valence electrons. The summed E-state index contributed by atoms with van der Waals surface area (Å²) in [4.78, 5) is 10.9. The zero-order valence-electron chi connectivity index (χ0n) is 10.4. The highest BCUT2D eigenvalue weighted by Crippen LogP contribution is 2.12. The van der Waals surface area contributed by atoms with E-state index in [2.05, 4.69) is 10.6 Å². The zero-order valence-corrected chi connectivity index (χ0v) is 11.9. The van der Waals surface area contributed by atoms with E-state index in [1.165, 1.54) is 6.08 Å². The predicted molar refractivity (Wildman–Crippen MR) is 69.7 cm³/mol. The van der Waals surface area contributed by atoms with Crippen LogP contribution in [-0.2, 0) is 4.79 Å². The quantitative estimate of drug-likeness (QED) is 0.607. The Morgan fingerprint density at radius 2 is 1.75 bits per heavy atom. The summed E-state index contributed by atoms with van der Waals surface area (Å²) in [5, 5.41) is 5.84. The van der Waals surface area contributed by atoms with Crippen molar-refractivity contribution in [2.75, 3.05) is 0 Å². The molecule has 0 unspecified atom stereocenters. The summed E-state index contributed by atoms with van der Waals surface area (Å²) in [6.07, 6.45) is 1.40. The number of alkyl halides is 2. The first-order chi connectivity index (χ1) is 7.11. The normalized spacial score (nSPS) is 13.2. The van der Waals surface area contributed by atoms with Crippen molar-refractivity contribution in [1.82, 2.24) is 10.6 Å². The maximum Gasteiger partial charge on any atom is 0.246 e. The summed E-state index contributed by atoms with van der Waals surface area (Å²) in [6.45, 7) is 9.63. The van der Waals surface area contributed by atoms with Crippen molar-refractivity contribution >= 4 is 29.1 Å². The lowest BCUT2D eigenvalue weighted by Gasteiger charge is -2.20. The smallest absolute Gasteiger partial charge is 0.246 e. The lowest BCUT2D eigenvalue weighted by Crippen LogP contribution is -2.40. The first kappa shape index (κ1) is 15.6. The molecule has 0 atom stereocenters. The van der Waals surface area contributed by atoms with Crippen LogP contribution in [0, 0.1) is 0 Å². The molecule has 0 radical (unpaired) electrons. The molecule has 0 heterocycles. The molecule has 0 spiro atoms. The Kier molecular flexibility index (Phi) is 6.19. The van der Waals surface area contributed by atoms with E-state index in [9.17, 15) is 4.79 Å². The number of rotatable bonds is 4. The highest BCUT2D eigenvalue weighted by Gasteiger charge is 2.15. The molecule has 0 aliphatic rings. The maximum absolute atomic E-state index is 11.6. The molecule has 1 amide bonds. The average Bonchev–Trinajstić information content (AvgIpc) is 1.97. The summed E-state index contributed by atoms with van der Waals surface area (Å²) < 4.78 is 0. The molecule has 0 aromatic carbocycles. The highest BCUT2D eigenvalue weighted by molar-refractivity contribution is 6.46. The predicted octanol–water partition coefficient (Wildman–Crippen LogP) is 2.59. The lowest BCUT2D eigenvalue weighted by molar-refractivity contribution is -0.117. The van der Waals surface area contributed by atoms with Gasteiger partial charge in [-0.25, -0.2) is 0 Å². The monoisotopic (exact) mass is 266 g/mol. The molecule has 0 saturated heterocycles. The molecular formula is C11H20Cl2N2O. The van der Waals surface area contributed by atoms with Crippen LogP contribution in [0.25, 0.3) is 0 Å². The third kappa shape index (κ3) is 7.83. The SMILES string of the molecule is CC(C)N/C(=C/C(=O)NC(C)(C)C)C(Cl)Cl. The molecule has 0 saturated carbocycles. The van der Waals surface area contributed by atoms with Crippen LogP contribution in [0.15, 0.2) is 11.8 Å². The Hall–Kier alpha value is -0.410. The van der Waals surface area contributed by atoms with E-state index in [4.69, 9.17) is 23.2 Å². The molecule has 3 nitrogen and oxygen atoms in total. The van der Waals surface area contributed by atoms with Gasteiger partial charge in [-0.1, -0.05) is 23.2 Å². The van der Waals surface area contributed by atoms with Gasteiger partial charge >= 0.3 is 0 Å². The van der Waals surface area contributed by atoms with Crippen molar-refractivity contribution in [3.05, 3.63) is 11.8 Å². The molecule has 5 heteroatoms. The van der Waals surface area contributed by atoms with Crippen molar-refractivity contribution < 1.29 is 4.79 Å². The van der Waals surface area contributed by atoms with Crippen LogP contribution in [-0.4, -0.2) is 22.3 Å². The average molecular weight is 267 g/mol. The van der Waals surface area contributed by atoms with Crippen LogP contribution < -0.4 is 10.6 Å². The number of halogens is 2. The summed E-state index contributed by atoms with van der Waals surface area (Å²) in [6, 6.07) is 0.175. The van der Waals surface area contributed by atoms with Crippen molar-refractivity contribution in [3.8, 4) is 0 Å². The number of allylic oxidation sites excluding steroid dienone is 1. The van der Waals surface area contributed by atoms with E-state index in [1.54, 1.807) is 0 Å². The molecular weight excluding hydrogens is 247 g/mol. The van der Waals surface area contributed by atoms with Crippen molar-refractivity contribution in [1.29, 1.82) is 0 Å². The van der Waals surface area contributed by atoms with E-state index >= 15 is 0 Å². The number of carbonyl (C=O) groups is 1. The van der Waals surface area contributed by atoms with E-state index in [-0.39, 0.29) is 17.5 Å². The topological polar surface area (TPSA) is 41.1 Å². The standard InChI is InChI=1S/C11H20Cl2N2O/c1-7(2)14-8(10(12)13)6-9(16)15-11(3,4)5/h6-7,10,14H,1-5H3,(H,15,16)/b8-6+. The van der Waals surface area contributed by atoms with Gasteiger partial charge in [0.1, 0.15) is 4.84 Å². The summed E-state index contributed by atoms with van der Waals surface area (Å²) >= 11 is 11.5. The molecule has 16 heavy (non-hydrogen) atoms. The number of hydrogen-bond donors (Lipinski definition) is 2. The minimum atomic E-state index is -0.729. The fourth-order valence-corrected chi connectivity index (χ4v) is 1.30. The molecule has 0 aromatic heterocycles. The lowest BCUT2D eigenvalue weighted by atomic mass is 10.1. The Morgan fingerprint density at radius 1 is 1.25 bits per heavy atom. The third-order valence-electron chi connectivity index (χ3n) is 1.48. The van der Waals surface area contributed by atoms with Crippen LogP contribution in [0.5, 0.6) is 0 Å². The van der Waals surface area contributed by atoms with Crippen LogP contribution >= 0.6 is 23.2 Å². The summed E-state index contributed by atoms with van der Waals surface area (Å²) in [5.41, 5.74) is 0.241. The fourth-order valence-electron chi connectivity index (χ4n) is 1.05. The molecule has 0 aromatic rings. The Morgan fingerprint density at radius 3 is 2.06 bits per heavy atom. The molecule has 0 fully saturated rings. The summed E-state index contributed by atoms with van der Waals surface area (Å²) in [7, 11) is 0. The van der Waals surface area contributed by atoms with Crippen LogP contribution in [0.1, 0.15) is 34.6 Å². The van der Waals surface area contributed by atoms with Gasteiger partial charge in [0.2, 0.25) is 5.91 Å². The van der Waals surface area contributed by atoms with Crippen LogP contribution in [0.3, 0.4) is 0 Å². The number of hydrogen-bond acceptors (Lipinski definition) is 2. The van der Waals surface area contributed by atoms with Gasteiger partial charge in [-0.3, -0.25) is 4.79 Å². The van der Waals surface area contributed by atoms with E-state index in [1.807, 2.05) is 34.6 Å². The molecule has 0 bridgehead atoms. The van der Waals surface area contributed by atoms with Crippen LogP contribution in [0.4, 0.5) is 0 Å². The highest BCUT2D eigenvalue weighted by atomic mass is 35.5. The van der Waals surface area contributed by atoms with Crippen molar-refractivity contribution in [2.45, 2.75) is 51.0 Å². The van der Waals surface area contributed by atoms with Gasteiger partial charge in [0.25, 0.3) is 0 Å². The second-order valence-corrected chi connectivity index (χ2v) is 6.03. The Bertz CT molecular complexity index is 268. The second-order valence-electron chi connectivity index (χ2n) is 4.94. The molecule has 0 aliphatic heterocycles. The number of amides is 1. The number of nitrogens with one attached hydrogen (secondary N) is 2. The van der Waals surface area contributed by atoms with E-state index in [0.717, 1.165) is 0 Å². The van der Waals surface area contributed by atoms with E-state index in [0.29, 0.717) is 5.70 Å². The second kappa shape index (κ2) is 6.36. The van der Waals surface area contributed by atoms with Gasteiger partial charge < -0.3 is 10.6 Å². The summed E-state index contributed by atoms with van der Waals surface area (Å²) in [5.74, 6) is -0.207. The van der Waals surface area contributed by atoms with Crippen molar-refractivity contribution in [3.63, 3.8) is 0 Å². The van der Waals surface area contributed by atoms with Gasteiger partial charge in [-0.15, -0.1) is 0 Å². The van der Waals surface area contributed by atoms with Gasteiger partial charge in [0.05, 0.1) is 0 Å². The number of carbonyl (C=O) groups excluding carboxylic acids is 1. The molecule has 0 aliphatic carbocycles. The Labute approximate surface area is 108 Å². The minimum absolute atomic E-state index is 0.175.